The lowest BCUT2D eigenvalue weighted by molar-refractivity contribution is -0.134. The summed E-state index contributed by atoms with van der Waals surface area (Å²) in [5, 5.41) is 25.0. The van der Waals surface area contributed by atoms with Crippen molar-refractivity contribution >= 4 is 63.9 Å². The number of nitrogens with two attached hydrogens (primary N) is 2. The number of aromatic hydroxyl groups is 1. The van der Waals surface area contributed by atoms with Crippen LogP contribution in [0.1, 0.15) is 45.7 Å². The third-order valence-electron chi connectivity index (χ3n) is 7.84. The molecule has 0 aromatic heterocycles. The lowest BCUT2D eigenvalue weighted by Crippen LogP contribution is -2.58. The zero-order valence-electron chi connectivity index (χ0n) is 29.8. The fourth-order valence-electron chi connectivity index (χ4n) is 4.88. The zero-order valence-corrected chi connectivity index (χ0v) is 32.0. The van der Waals surface area contributed by atoms with Gasteiger partial charge in [-0.3, -0.25) is 33.6 Å². The van der Waals surface area contributed by atoms with E-state index in [0.717, 1.165) is 5.56 Å². The van der Waals surface area contributed by atoms with Gasteiger partial charge < -0.3 is 48.5 Å². The number of phenolic OH excluding ortho intramolecular Hbond substituents is 1. The van der Waals surface area contributed by atoms with E-state index in [-0.39, 0.29) is 24.5 Å². The van der Waals surface area contributed by atoms with Gasteiger partial charge >= 0.3 is 0 Å². The molecule has 0 aliphatic carbocycles. The number of benzene rings is 2. The molecule has 2 rings (SSSR count). The van der Waals surface area contributed by atoms with Crippen LogP contribution < -0.4 is 43.4 Å². The number of carbonyl (C=O) groups excluding carboxylic acids is 7. The first-order chi connectivity index (χ1) is 24.4. The van der Waals surface area contributed by atoms with Crippen molar-refractivity contribution in [3.8, 4) is 5.75 Å². The molecule has 0 radical (unpaired) electrons. The SMILES string of the molecule is CC(C)[C@H](NC(=O)CNC(=O)[C@H](Cc1ccccc1)NC(=O)[C@@H](C)NC(=O)[C@@H](N)Cc1ccc(O)c(I)c1)C(=O)N[C@H](C(=O)NCC(N)=O)C(C)C. The van der Waals surface area contributed by atoms with Crippen LogP contribution in [0.25, 0.3) is 0 Å². The van der Waals surface area contributed by atoms with Crippen molar-refractivity contribution in [3.05, 3.63) is 63.2 Å². The summed E-state index contributed by atoms with van der Waals surface area (Å²) in [6, 6.07) is 8.37. The number of nitrogens with one attached hydrogen (secondary N) is 6. The molecular formula is C35H49IN8O8. The Morgan fingerprint density at radius 2 is 1.27 bits per heavy atom. The van der Waals surface area contributed by atoms with Gasteiger partial charge in [-0.15, -0.1) is 0 Å². The van der Waals surface area contributed by atoms with Crippen LogP contribution in [-0.4, -0.2) is 89.8 Å². The number of amides is 7. The van der Waals surface area contributed by atoms with E-state index in [9.17, 15) is 38.7 Å². The molecular weight excluding hydrogens is 787 g/mol. The van der Waals surface area contributed by atoms with Crippen molar-refractivity contribution in [2.24, 2.45) is 23.3 Å². The van der Waals surface area contributed by atoms with Gasteiger partial charge in [0, 0.05) is 6.42 Å². The highest BCUT2D eigenvalue weighted by atomic mass is 127. The maximum Gasteiger partial charge on any atom is 0.243 e. The average molecular weight is 837 g/mol. The standard InChI is InChI=1S/C35H49IN8O8/c1-18(2)29(34(51)39-16-27(38)46)44-35(52)30(19(3)4)43-28(47)17-40-33(50)25(15-21-9-7-6-8-10-21)42-31(48)20(5)41-32(49)24(37)14-22-11-12-26(45)23(36)13-22/h6-13,18-20,24-25,29-30,45H,14-17,37H2,1-5H3,(H2,38,46)(H,39,51)(H,40,50)(H,41,49)(H,42,48)(H,43,47)(H,44,52)/t20-,24+,25+,29+,30+/m1/s1. The molecule has 0 bridgehead atoms. The summed E-state index contributed by atoms with van der Waals surface area (Å²) in [5.74, 6) is -5.35. The van der Waals surface area contributed by atoms with Gasteiger partial charge in [-0.25, -0.2) is 0 Å². The predicted octanol–water partition coefficient (Wildman–Crippen LogP) is -0.902. The van der Waals surface area contributed by atoms with Gasteiger partial charge in [0.05, 0.1) is 22.7 Å². The van der Waals surface area contributed by atoms with Crippen molar-refractivity contribution in [1.82, 2.24) is 31.9 Å². The van der Waals surface area contributed by atoms with Gasteiger partial charge in [-0.05, 0) is 71.0 Å². The van der Waals surface area contributed by atoms with E-state index < -0.39 is 90.6 Å². The fourth-order valence-corrected chi connectivity index (χ4v) is 5.46. The summed E-state index contributed by atoms with van der Waals surface area (Å²) < 4.78 is 0.598. The second-order valence-electron chi connectivity index (χ2n) is 13.0. The molecule has 0 fully saturated rings. The molecule has 17 heteroatoms. The normalized spacial score (nSPS) is 13.9. The highest BCUT2D eigenvalue weighted by Crippen LogP contribution is 2.21. The average Bonchev–Trinajstić information content (AvgIpc) is 3.08. The first-order valence-corrected chi connectivity index (χ1v) is 17.8. The molecule has 284 valence electrons. The van der Waals surface area contributed by atoms with Crippen molar-refractivity contribution in [1.29, 1.82) is 0 Å². The van der Waals surface area contributed by atoms with E-state index in [1.807, 2.05) is 22.6 Å². The number of carbonyl (C=O) groups is 7. The van der Waals surface area contributed by atoms with E-state index in [0.29, 0.717) is 9.13 Å². The first-order valence-electron chi connectivity index (χ1n) is 16.7. The zero-order chi connectivity index (χ0) is 39.1. The van der Waals surface area contributed by atoms with Gasteiger partial charge in [0.25, 0.3) is 0 Å². The van der Waals surface area contributed by atoms with Crippen LogP contribution in [0, 0.1) is 15.4 Å². The molecule has 0 spiro atoms. The van der Waals surface area contributed by atoms with Crippen molar-refractivity contribution in [3.63, 3.8) is 0 Å². The smallest absolute Gasteiger partial charge is 0.243 e. The van der Waals surface area contributed by atoms with Gasteiger partial charge in [0.2, 0.25) is 41.4 Å². The Morgan fingerprint density at radius 1 is 0.673 bits per heavy atom. The van der Waals surface area contributed by atoms with Crippen LogP contribution in [-0.2, 0) is 46.4 Å². The first kappa shape index (κ1) is 43.4. The van der Waals surface area contributed by atoms with Crippen LogP contribution in [0.15, 0.2) is 48.5 Å². The van der Waals surface area contributed by atoms with Crippen LogP contribution in [0.5, 0.6) is 5.75 Å². The number of hydrogen-bond acceptors (Lipinski definition) is 9. The highest BCUT2D eigenvalue weighted by molar-refractivity contribution is 14.1. The lowest BCUT2D eigenvalue weighted by Gasteiger charge is -2.27. The fraction of sp³-hybridized carbons (Fsp3) is 0.457. The third-order valence-corrected chi connectivity index (χ3v) is 8.71. The molecule has 52 heavy (non-hydrogen) atoms. The molecule has 5 atom stereocenters. The number of phenols is 1. The van der Waals surface area contributed by atoms with Gasteiger partial charge in [-0.1, -0.05) is 64.1 Å². The summed E-state index contributed by atoms with van der Waals surface area (Å²) in [6.07, 6.45) is 0.215. The largest absolute Gasteiger partial charge is 0.507 e. The summed E-state index contributed by atoms with van der Waals surface area (Å²) in [5.41, 5.74) is 12.6. The van der Waals surface area contributed by atoms with Crippen molar-refractivity contribution in [2.75, 3.05) is 13.1 Å². The van der Waals surface area contributed by atoms with E-state index >= 15 is 0 Å². The van der Waals surface area contributed by atoms with Crippen LogP contribution >= 0.6 is 22.6 Å². The molecule has 0 saturated carbocycles. The summed E-state index contributed by atoms with van der Waals surface area (Å²) in [6.45, 7) is 7.26. The van der Waals surface area contributed by atoms with Crippen LogP contribution in [0.2, 0.25) is 0 Å². The molecule has 11 N–H and O–H groups in total. The minimum atomic E-state index is -1.15. The Bertz CT molecular complexity index is 1590. The predicted molar refractivity (Wildman–Crippen MR) is 201 cm³/mol. The van der Waals surface area contributed by atoms with Crippen molar-refractivity contribution in [2.45, 2.75) is 77.7 Å². The van der Waals surface area contributed by atoms with Crippen molar-refractivity contribution < 1.29 is 38.7 Å². The quantitative estimate of drug-likeness (QED) is 0.0794. The summed E-state index contributed by atoms with van der Waals surface area (Å²) in [4.78, 5) is 89.2. The van der Waals surface area contributed by atoms with E-state index in [2.05, 4.69) is 31.9 Å². The second kappa shape index (κ2) is 20.9. The lowest BCUT2D eigenvalue weighted by atomic mass is 9.99. The van der Waals surface area contributed by atoms with Gasteiger partial charge in [-0.2, -0.15) is 0 Å². The maximum absolute atomic E-state index is 13.4. The molecule has 0 saturated heterocycles. The van der Waals surface area contributed by atoms with E-state index in [1.165, 1.54) is 13.0 Å². The Labute approximate surface area is 316 Å². The minimum absolute atomic E-state index is 0.0606. The summed E-state index contributed by atoms with van der Waals surface area (Å²) in [7, 11) is 0. The molecule has 0 aliphatic rings. The van der Waals surface area contributed by atoms with Gasteiger partial charge in [0.1, 0.15) is 29.9 Å². The Morgan fingerprint density at radius 3 is 1.85 bits per heavy atom. The number of rotatable bonds is 19. The molecule has 7 amide bonds. The molecule has 0 aliphatic heterocycles. The Balaban J connectivity index is 2.06. The maximum atomic E-state index is 13.4. The number of hydrogen-bond donors (Lipinski definition) is 9. The third kappa shape index (κ3) is 14.5. The second-order valence-corrected chi connectivity index (χ2v) is 14.2. The topological polar surface area (TPSA) is 264 Å². The number of halogens is 1. The molecule has 0 heterocycles. The minimum Gasteiger partial charge on any atom is -0.507 e. The molecule has 2 aromatic carbocycles. The van der Waals surface area contributed by atoms with E-state index in [1.54, 1.807) is 70.2 Å². The van der Waals surface area contributed by atoms with Crippen LogP contribution in [0.4, 0.5) is 0 Å². The monoisotopic (exact) mass is 836 g/mol. The van der Waals surface area contributed by atoms with E-state index in [4.69, 9.17) is 11.5 Å². The van der Waals surface area contributed by atoms with Gasteiger partial charge in [0.15, 0.2) is 0 Å². The molecule has 16 nitrogen and oxygen atoms in total. The Hall–Kier alpha value is -4.78. The molecule has 0 unspecified atom stereocenters. The van der Waals surface area contributed by atoms with Crippen LogP contribution in [0.3, 0.4) is 0 Å². The number of primary amides is 1. The molecule has 2 aromatic rings. The Kier molecular flexibility index (Phi) is 17.5. The highest BCUT2D eigenvalue weighted by Gasteiger charge is 2.31. The summed E-state index contributed by atoms with van der Waals surface area (Å²) >= 11 is 1.96.